The minimum Gasteiger partial charge on any atom is -0.493 e. The van der Waals surface area contributed by atoms with Gasteiger partial charge in [0.15, 0.2) is 17.3 Å². The van der Waals surface area contributed by atoms with Crippen molar-refractivity contribution in [2.24, 2.45) is 10.1 Å². The summed E-state index contributed by atoms with van der Waals surface area (Å²) >= 11 is 0. The Hall–Kier alpha value is -3.22. The van der Waals surface area contributed by atoms with Crippen LogP contribution in [0.15, 0.2) is 46.5 Å². The van der Waals surface area contributed by atoms with Crippen molar-refractivity contribution in [2.75, 3.05) is 21.3 Å². The van der Waals surface area contributed by atoms with E-state index >= 15 is 0 Å². The molecular weight excluding hydrogens is 332 g/mol. The highest BCUT2D eigenvalue weighted by atomic mass is 16.5. The van der Waals surface area contributed by atoms with Crippen molar-refractivity contribution in [1.29, 1.82) is 0 Å². The maximum absolute atomic E-state index is 5.47. The fraction of sp³-hybridized carbons (Fsp3) is 0.263. The van der Waals surface area contributed by atoms with Crippen LogP contribution in [-0.2, 0) is 0 Å². The zero-order valence-corrected chi connectivity index (χ0v) is 15.1. The number of aliphatic imine (C=N–C) groups is 1. The zero-order valence-electron chi connectivity index (χ0n) is 15.1. The summed E-state index contributed by atoms with van der Waals surface area (Å²) in [4.78, 5) is 6.79. The Morgan fingerprint density at radius 1 is 1.00 bits per heavy atom. The molecule has 4 rings (SSSR count). The van der Waals surface area contributed by atoms with Gasteiger partial charge in [-0.25, -0.2) is 4.99 Å². The van der Waals surface area contributed by atoms with Crippen LogP contribution in [-0.4, -0.2) is 37.9 Å². The van der Waals surface area contributed by atoms with Crippen molar-refractivity contribution in [3.63, 3.8) is 0 Å². The van der Waals surface area contributed by atoms with Crippen LogP contribution < -0.4 is 19.6 Å². The van der Waals surface area contributed by atoms with Gasteiger partial charge in [-0.1, -0.05) is 18.2 Å². The molecule has 0 spiro atoms. The van der Waals surface area contributed by atoms with Gasteiger partial charge in [0.05, 0.1) is 27.0 Å². The maximum atomic E-state index is 5.47. The molecule has 2 aromatic carbocycles. The van der Waals surface area contributed by atoms with Gasteiger partial charge in [0, 0.05) is 11.1 Å². The first-order chi connectivity index (χ1) is 12.7. The molecule has 0 saturated carbocycles. The lowest BCUT2D eigenvalue weighted by molar-refractivity contribution is 0.324. The van der Waals surface area contributed by atoms with E-state index in [9.17, 15) is 0 Å². The minimum absolute atomic E-state index is 0.0854. The van der Waals surface area contributed by atoms with Gasteiger partial charge in [-0.3, -0.25) is 10.3 Å². The highest BCUT2D eigenvalue weighted by Crippen LogP contribution is 2.41. The lowest BCUT2D eigenvalue weighted by Crippen LogP contribution is -2.39. The van der Waals surface area contributed by atoms with Gasteiger partial charge in [-0.05, 0) is 25.1 Å². The molecule has 26 heavy (non-hydrogen) atoms. The van der Waals surface area contributed by atoms with Crippen molar-refractivity contribution in [3.05, 3.63) is 47.5 Å². The first-order valence-corrected chi connectivity index (χ1v) is 8.25. The summed E-state index contributed by atoms with van der Waals surface area (Å²) in [5.74, 6) is 3.34. The molecule has 134 valence electrons. The minimum atomic E-state index is -0.0854. The van der Waals surface area contributed by atoms with E-state index in [1.807, 2.05) is 37.3 Å². The van der Waals surface area contributed by atoms with Gasteiger partial charge in [0.1, 0.15) is 12.0 Å². The van der Waals surface area contributed by atoms with Crippen molar-refractivity contribution in [1.82, 2.24) is 10.3 Å². The topological polar surface area (TPSA) is 67.7 Å². The normalized spacial score (nSPS) is 17.5. The molecule has 1 N–H and O–H groups in total. The van der Waals surface area contributed by atoms with Gasteiger partial charge < -0.3 is 14.2 Å². The SMILES string of the molecule is COc1cc(C2=NNC3c4ccccc4N=C(C)N23)cc(OC)c1OC. The second-order valence-electron chi connectivity index (χ2n) is 5.97. The third-order valence-corrected chi connectivity index (χ3v) is 4.56. The van der Waals surface area contributed by atoms with Gasteiger partial charge in [-0.15, -0.1) is 0 Å². The summed E-state index contributed by atoms with van der Waals surface area (Å²) in [6, 6.07) is 11.8. The average molecular weight is 352 g/mol. The Labute approximate surface area is 151 Å². The lowest BCUT2D eigenvalue weighted by atomic mass is 10.1. The molecule has 2 aliphatic rings. The number of fused-ring (bicyclic) bond motifs is 3. The molecule has 0 bridgehead atoms. The molecule has 2 heterocycles. The summed E-state index contributed by atoms with van der Waals surface area (Å²) in [7, 11) is 4.79. The number of methoxy groups -OCH3 is 3. The highest BCUT2D eigenvalue weighted by Gasteiger charge is 2.36. The van der Waals surface area contributed by atoms with E-state index in [1.165, 1.54) is 0 Å². The third kappa shape index (κ3) is 2.35. The quantitative estimate of drug-likeness (QED) is 0.916. The number of benzene rings is 2. The van der Waals surface area contributed by atoms with Crippen LogP contribution in [0.5, 0.6) is 17.2 Å². The second-order valence-corrected chi connectivity index (χ2v) is 5.97. The molecular formula is C19H20N4O3. The Morgan fingerprint density at radius 3 is 2.35 bits per heavy atom. The molecule has 0 radical (unpaired) electrons. The average Bonchev–Trinajstić information content (AvgIpc) is 3.13. The number of hydrogen-bond donors (Lipinski definition) is 1. The number of nitrogens with zero attached hydrogens (tertiary/aromatic N) is 3. The first-order valence-electron chi connectivity index (χ1n) is 8.25. The van der Waals surface area contributed by atoms with Crippen LogP contribution in [0.25, 0.3) is 0 Å². The Bertz CT molecular complexity index is 898. The summed E-state index contributed by atoms with van der Waals surface area (Å²) in [6.07, 6.45) is -0.0854. The number of hydrazone groups is 1. The maximum Gasteiger partial charge on any atom is 0.203 e. The van der Waals surface area contributed by atoms with E-state index in [1.54, 1.807) is 21.3 Å². The number of hydrogen-bond acceptors (Lipinski definition) is 7. The molecule has 2 aromatic rings. The summed E-state index contributed by atoms with van der Waals surface area (Å²) in [5.41, 5.74) is 6.11. The van der Waals surface area contributed by atoms with Crippen molar-refractivity contribution in [2.45, 2.75) is 13.1 Å². The van der Waals surface area contributed by atoms with E-state index in [0.29, 0.717) is 17.2 Å². The molecule has 1 atom stereocenters. The predicted octanol–water partition coefficient (Wildman–Crippen LogP) is 3.04. The van der Waals surface area contributed by atoms with E-state index < -0.39 is 0 Å². The fourth-order valence-electron chi connectivity index (χ4n) is 3.37. The summed E-state index contributed by atoms with van der Waals surface area (Å²) < 4.78 is 16.3. The van der Waals surface area contributed by atoms with E-state index in [2.05, 4.69) is 21.5 Å². The van der Waals surface area contributed by atoms with Crippen LogP contribution in [0.4, 0.5) is 5.69 Å². The molecule has 0 aliphatic carbocycles. The van der Waals surface area contributed by atoms with Crippen LogP contribution >= 0.6 is 0 Å². The Morgan fingerprint density at radius 2 is 1.69 bits per heavy atom. The number of nitrogens with one attached hydrogen (secondary N) is 1. The summed E-state index contributed by atoms with van der Waals surface area (Å²) in [6.45, 7) is 1.98. The number of amidine groups is 2. The molecule has 0 fully saturated rings. The van der Waals surface area contributed by atoms with Crippen molar-refractivity contribution < 1.29 is 14.2 Å². The molecule has 0 aromatic heterocycles. The van der Waals surface area contributed by atoms with Gasteiger partial charge in [0.2, 0.25) is 5.75 Å². The van der Waals surface area contributed by atoms with E-state index in [0.717, 1.165) is 28.5 Å². The van der Waals surface area contributed by atoms with Crippen LogP contribution in [0.3, 0.4) is 0 Å². The third-order valence-electron chi connectivity index (χ3n) is 4.56. The number of rotatable bonds is 4. The van der Waals surface area contributed by atoms with E-state index in [4.69, 9.17) is 19.2 Å². The van der Waals surface area contributed by atoms with Gasteiger partial charge in [0.25, 0.3) is 0 Å². The second kappa shape index (κ2) is 6.25. The smallest absolute Gasteiger partial charge is 0.203 e. The van der Waals surface area contributed by atoms with Crippen LogP contribution in [0, 0.1) is 0 Å². The van der Waals surface area contributed by atoms with E-state index in [-0.39, 0.29) is 6.17 Å². The summed E-state index contributed by atoms with van der Waals surface area (Å²) in [5, 5.41) is 4.57. The largest absolute Gasteiger partial charge is 0.493 e. The number of ether oxygens (including phenoxy) is 3. The van der Waals surface area contributed by atoms with Gasteiger partial charge in [-0.2, -0.15) is 5.10 Å². The van der Waals surface area contributed by atoms with Gasteiger partial charge >= 0.3 is 0 Å². The standard InChI is InChI=1S/C19H20N4O3/c1-11-20-14-8-6-5-7-13(14)19-22-21-18(23(11)19)12-9-15(24-2)17(26-4)16(10-12)25-3/h5-10,19,22H,1-4H3. The Balaban J connectivity index is 1.79. The first kappa shape index (κ1) is 16.3. The Kier molecular flexibility index (Phi) is 3.91. The lowest BCUT2D eigenvalue weighted by Gasteiger charge is -2.31. The highest BCUT2D eigenvalue weighted by molar-refractivity contribution is 6.11. The fourth-order valence-corrected chi connectivity index (χ4v) is 3.37. The predicted molar refractivity (Wildman–Crippen MR) is 99.6 cm³/mol. The molecule has 7 nitrogen and oxygen atoms in total. The molecule has 7 heteroatoms. The zero-order chi connectivity index (χ0) is 18.3. The molecule has 0 saturated heterocycles. The van der Waals surface area contributed by atoms with Crippen LogP contribution in [0.1, 0.15) is 24.2 Å². The number of para-hydroxylation sites is 1. The molecule has 0 amide bonds. The van der Waals surface area contributed by atoms with Crippen molar-refractivity contribution in [3.8, 4) is 17.2 Å². The monoisotopic (exact) mass is 352 g/mol. The van der Waals surface area contributed by atoms with Crippen molar-refractivity contribution >= 4 is 17.4 Å². The van der Waals surface area contributed by atoms with Crippen LogP contribution in [0.2, 0.25) is 0 Å². The molecule has 1 unspecified atom stereocenters. The molecule has 2 aliphatic heterocycles.